The third-order valence-electron chi connectivity index (χ3n) is 2.70. The molecule has 0 heterocycles. The average Bonchev–Trinajstić information content (AvgIpc) is 2.42. The zero-order chi connectivity index (χ0) is 15.0. The van der Waals surface area contributed by atoms with Crippen LogP contribution >= 0.6 is 0 Å². The van der Waals surface area contributed by atoms with E-state index in [9.17, 15) is 9.90 Å². The third kappa shape index (κ3) is 6.17. The van der Waals surface area contributed by atoms with E-state index in [4.69, 9.17) is 5.26 Å². The monoisotopic (exact) mass is 272 g/mol. The molecule has 0 saturated carbocycles. The second kappa shape index (κ2) is 8.13. The summed E-state index contributed by atoms with van der Waals surface area (Å²) >= 11 is 0. The molecule has 4 heteroatoms. The summed E-state index contributed by atoms with van der Waals surface area (Å²) in [5.41, 5.74) is 1.35. The van der Waals surface area contributed by atoms with E-state index in [2.05, 4.69) is 5.32 Å². The highest BCUT2D eigenvalue weighted by atomic mass is 16.3. The fourth-order valence-corrected chi connectivity index (χ4v) is 1.79. The summed E-state index contributed by atoms with van der Waals surface area (Å²) in [5.74, 6) is 0.140. The van der Waals surface area contributed by atoms with Gasteiger partial charge in [0.2, 0.25) is 5.91 Å². The van der Waals surface area contributed by atoms with Gasteiger partial charge in [0.05, 0.1) is 17.7 Å². The molecule has 4 nitrogen and oxygen atoms in total. The molecule has 1 aromatic rings. The van der Waals surface area contributed by atoms with E-state index in [1.54, 1.807) is 24.3 Å². The number of amides is 1. The lowest BCUT2D eigenvalue weighted by Crippen LogP contribution is -2.31. The number of hydrogen-bond acceptors (Lipinski definition) is 3. The van der Waals surface area contributed by atoms with E-state index < -0.39 is 6.10 Å². The minimum atomic E-state index is -0.519. The Balaban J connectivity index is 2.45. The Kier molecular flexibility index (Phi) is 6.48. The standard InChI is InChI=1S/C16H20N2O2/c1-12(2)8-15(19)11-18-16(20)7-6-13-4-3-5-14(9-13)10-17/h3-7,9,12,15,19H,8,11H2,1-2H3,(H,18,20)/b7-6+. The van der Waals surface area contributed by atoms with Crippen LogP contribution in [0.3, 0.4) is 0 Å². The number of benzene rings is 1. The number of carbonyl (C=O) groups is 1. The van der Waals surface area contributed by atoms with Gasteiger partial charge in [0.1, 0.15) is 0 Å². The molecule has 1 atom stereocenters. The SMILES string of the molecule is CC(C)CC(O)CNC(=O)/C=C/c1cccc(C#N)c1. The zero-order valence-corrected chi connectivity index (χ0v) is 11.8. The predicted molar refractivity (Wildman–Crippen MR) is 78.7 cm³/mol. The number of rotatable bonds is 6. The summed E-state index contributed by atoms with van der Waals surface area (Å²) in [7, 11) is 0. The van der Waals surface area contributed by atoms with Gasteiger partial charge in [-0.25, -0.2) is 0 Å². The molecule has 0 aliphatic rings. The molecule has 0 bridgehead atoms. The Morgan fingerprint density at radius 2 is 2.25 bits per heavy atom. The van der Waals surface area contributed by atoms with E-state index in [-0.39, 0.29) is 12.5 Å². The van der Waals surface area contributed by atoms with Crippen molar-refractivity contribution in [2.24, 2.45) is 5.92 Å². The Morgan fingerprint density at radius 3 is 2.90 bits per heavy atom. The van der Waals surface area contributed by atoms with Crippen molar-refractivity contribution in [1.82, 2.24) is 5.32 Å². The first-order chi connectivity index (χ1) is 9.51. The first kappa shape index (κ1) is 15.9. The first-order valence-electron chi connectivity index (χ1n) is 6.65. The average molecular weight is 272 g/mol. The fraction of sp³-hybridized carbons (Fsp3) is 0.375. The number of nitriles is 1. The van der Waals surface area contributed by atoms with Crippen molar-refractivity contribution in [1.29, 1.82) is 5.26 Å². The van der Waals surface area contributed by atoms with Gasteiger partial charge in [-0.2, -0.15) is 5.26 Å². The molecule has 1 aromatic carbocycles. The number of aliphatic hydroxyl groups excluding tert-OH is 1. The quantitative estimate of drug-likeness (QED) is 0.779. The van der Waals surface area contributed by atoms with E-state index in [0.717, 1.165) is 5.56 Å². The van der Waals surface area contributed by atoms with Gasteiger partial charge in [0, 0.05) is 12.6 Å². The van der Waals surface area contributed by atoms with Crippen molar-refractivity contribution in [2.75, 3.05) is 6.54 Å². The van der Waals surface area contributed by atoms with Gasteiger partial charge < -0.3 is 10.4 Å². The Hall–Kier alpha value is -2.12. The molecular formula is C16H20N2O2. The van der Waals surface area contributed by atoms with Crippen LogP contribution in [0.2, 0.25) is 0 Å². The highest BCUT2D eigenvalue weighted by Gasteiger charge is 2.07. The minimum Gasteiger partial charge on any atom is -0.391 e. The van der Waals surface area contributed by atoms with E-state index >= 15 is 0 Å². The molecule has 2 N–H and O–H groups in total. The van der Waals surface area contributed by atoms with Crippen molar-refractivity contribution in [3.63, 3.8) is 0 Å². The van der Waals surface area contributed by atoms with Gasteiger partial charge >= 0.3 is 0 Å². The van der Waals surface area contributed by atoms with Crippen LogP contribution in [0.15, 0.2) is 30.3 Å². The summed E-state index contributed by atoms with van der Waals surface area (Å²) < 4.78 is 0. The van der Waals surface area contributed by atoms with Crippen molar-refractivity contribution < 1.29 is 9.90 Å². The number of carbonyl (C=O) groups excluding carboxylic acids is 1. The third-order valence-corrected chi connectivity index (χ3v) is 2.70. The molecule has 1 unspecified atom stereocenters. The second-order valence-electron chi connectivity index (χ2n) is 5.10. The number of hydrogen-bond donors (Lipinski definition) is 2. The molecule has 0 fully saturated rings. The summed E-state index contributed by atoms with van der Waals surface area (Å²) in [5, 5.41) is 21.1. The lowest BCUT2D eigenvalue weighted by Gasteiger charge is -2.12. The Labute approximate surface area is 119 Å². The largest absolute Gasteiger partial charge is 0.391 e. The van der Waals surface area contributed by atoms with Crippen LogP contribution in [0.25, 0.3) is 6.08 Å². The summed E-state index contributed by atoms with van der Waals surface area (Å²) in [4.78, 5) is 11.6. The van der Waals surface area contributed by atoms with Gasteiger partial charge in [-0.05, 0) is 36.1 Å². The molecule has 0 saturated heterocycles. The smallest absolute Gasteiger partial charge is 0.244 e. The van der Waals surface area contributed by atoms with Gasteiger partial charge in [0.15, 0.2) is 0 Å². The molecule has 106 valence electrons. The van der Waals surface area contributed by atoms with E-state index in [0.29, 0.717) is 17.9 Å². The number of nitrogens with one attached hydrogen (secondary N) is 1. The van der Waals surface area contributed by atoms with E-state index in [1.165, 1.54) is 6.08 Å². The maximum absolute atomic E-state index is 11.6. The molecule has 0 aliphatic heterocycles. The van der Waals surface area contributed by atoms with Crippen LogP contribution in [-0.4, -0.2) is 23.7 Å². The maximum atomic E-state index is 11.6. The van der Waals surface area contributed by atoms with Crippen molar-refractivity contribution in [3.05, 3.63) is 41.5 Å². The van der Waals surface area contributed by atoms with Crippen molar-refractivity contribution in [2.45, 2.75) is 26.4 Å². The highest BCUT2D eigenvalue weighted by molar-refractivity contribution is 5.91. The van der Waals surface area contributed by atoms with Crippen LogP contribution in [0.4, 0.5) is 0 Å². The second-order valence-corrected chi connectivity index (χ2v) is 5.10. The molecule has 0 aromatic heterocycles. The number of nitrogens with zero attached hydrogens (tertiary/aromatic N) is 1. The minimum absolute atomic E-state index is 0.250. The zero-order valence-electron chi connectivity index (χ0n) is 11.8. The van der Waals surface area contributed by atoms with Gasteiger partial charge in [-0.1, -0.05) is 26.0 Å². The molecule has 0 aliphatic carbocycles. The van der Waals surface area contributed by atoms with Crippen LogP contribution in [0.5, 0.6) is 0 Å². The lowest BCUT2D eigenvalue weighted by molar-refractivity contribution is -0.116. The van der Waals surface area contributed by atoms with Crippen molar-refractivity contribution in [3.8, 4) is 6.07 Å². The maximum Gasteiger partial charge on any atom is 0.244 e. The normalized spacial score (nSPS) is 12.3. The molecule has 0 spiro atoms. The van der Waals surface area contributed by atoms with Crippen molar-refractivity contribution >= 4 is 12.0 Å². The van der Waals surface area contributed by atoms with Crippen LogP contribution in [0.1, 0.15) is 31.4 Å². The lowest BCUT2D eigenvalue weighted by atomic mass is 10.1. The summed E-state index contributed by atoms with van der Waals surface area (Å²) in [6.45, 7) is 4.29. The topological polar surface area (TPSA) is 73.1 Å². The molecular weight excluding hydrogens is 252 g/mol. The van der Waals surface area contributed by atoms with Gasteiger partial charge in [0.25, 0.3) is 0 Å². The fourth-order valence-electron chi connectivity index (χ4n) is 1.79. The Morgan fingerprint density at radius 1 is 1.50 bits per heavy atom. The van der Waals surface area contributed by atoms with Crippen LogP contribution in [0, 0.1) is 17.2 Å². The first-order valence-corrected chi connectivity index (χ1v) is 6.65. The van der Waals surface area contributed by atoms with Gasteiger partial charge in [-0.15, -0.1) is 0 Å². The summed E-state index contributed by atoms with van der Waals surface area (Å²) in [6, 6.07) is 9.04. The van der Waals surface area contributed by atoms with E-state index in [1.807, 2.05) is 26.0 Å². The van der Waals surface area contributed by atoms with Crippen LogP contribution in [-0.2, 0) is 4.79 Å². The summed E-state index contributed by atoms with van der Waals surface area (Å²) in [6.07, 6.45) is 3.19. The van der Waals surface area contributed by atoms with Gasteiger partial charge in [-0.3, -0.25) is 4.79 Å². The molecule has 1 amide bonds. The molecule has 1 rings (SSSR count). The molecule has 20 heavy (non-hydrogen) atoms. The highest BCUT2D eigenvalue weighted by Crippen LogP contribution is 2.06. The van der Waals surface area contributed by atoms with Crippen LogP contribution < -0.4 is 5.32 Å². The molecule has 0 radical (unpaired) electrons. The predicted octanol–water partition coefficient (Wildman–Crippen LogP) is 2.09. The Bertz CT molecular complexity index is 515. The number of aliphatic hydroxyl groups is 1.